The van der Waals surface area contributed by atoms with Crippen molar-refractivity contribution < 1.29 is 14.0 Å². The number of carbonyl (C=O) groups is 2. The number of ketones is 1. The summed E-state index contributed by atoms with van der Waals surface area (Å²) in [7, 11) is 0. The number of Topliss-reactive ketones (excluding diaryl/α,β-unsaturated/α-hetero) is 1. The Morgan fingerprint density at radius 1 is 0.957 bits per heavy atom. The highest BCUT2D eigenvalue weighted by Crippen LogP contribution is 2.36. The molecule has 0 aliphatic heterocycles. The SMILES string of the molecule is Cc1cccc2c1ccc1c2cc(C(=O)C=O)c2c(C)coc21. The number of fused-ring (bicyclic) bond motifs is 5. The molecule has 3 nitrogen and oxygen atoms in total. The van der Waals surface area contributed by atoms with Crippen LogP contribution in [0.5, 0.6) is 0 Å². The lowest BCUT2D eigenvalue weighted by atomic mass is 9.93. The largest absolute Gasteiger partial charge is 0.463 e. The Labute approximate surface area is 132 Å². The topological polar surface area (TPSA) is 47.3 Å². The Morgan fingerprint density at radius 2 is 1.74 bits per heavy atom. The van der Waals surface area contributed by atoms with E-state index in [1.54, 1.807) is 6.26 Å². The number of rotatable bonds is 2. The summed E-state index contributed by atoms with van der Waals surface area (Å²) in [6.45, 7) is 3.94. The maximum Gasteiger partial charge on any atom is 0.226 e. The molecule has 4 rings (SSSR count). The summed E-state index contributed by atoms with van der Waals surface area (Å²) < 4.78 is 5.71. The van der Waals surface area contributed by atoms with Crippen LogP contribution in [0.15, 0.2) is 47.1 Å². The maximum absolute atomic E-state index is 12.1. The average molecular weight is 302 g/mol. The highest BCUT2D eigenvalue weighted by atomic mass is 16.3. The van der Waals surface area contributed by atoms with Crippen molar-refractivity contribution in [2.45, 2.75) is 13.8 Å². The molecule has 0 spiro atoms. The molecule has 112 valence electrons. The lowest BCUT2D eigenvalue weighted by Crippen LogP contribution is -2.01. The summed E-state index contributed by atoms with van der Waals surface area (Å²) in [4.78, 5) is 23.2. The lowest BCUT2D eigenvalue weighted by Gasteiger charge is -2.09. The number of aryl methyl sites for hydroxylation is 2. The third-order valence-electron chi connectivity index (χ3n) is 4.47. The second-order valence-electron chi connectivity index (χ2n) is 5.86. The van der Waals surface area contributed by atoms with Crippen LogP contribution in [-0.2, 0) is 4.79 Å². The van der Waals surface area contributed by atoms with Crippen LogP contribution in [0.2, 0.25) is 0 Å². The van der Waals surface area contributed by atoms with E-state index < -0.39 is 5.78 Å². The van der Waals surface area contributed by atoms with Crippen LogP contribution in [0.25, 0.3) is 32.5 Å². The van der Waals surface area contributed by atoms with Gasteiger partial charge in [0.2, 0.25) is 5.78 Å². The quantitative estimate of drug-likeness (QED) is 0.232. The summed E-state index contributed by atoms with van der Waals surface area (Å²) in [5, 5.41) is 4.79. The molecule has 0 bridgehead atoms. The monoisotopic (exact) mass is 302 g/mol. The van der Waals surface area contributed by atoms with Crippen molar-refractivity contribution in [1.82, 2.24) is 0 Å². The summed E-state index contributed by atoms with van der Waals surface area (Å²) in [6, 6.07) is 12.0. The predicted octanol–water partition coefficient (Wildman–Crippen LogP) is 4.74. The molecule has 0 amide bonds. The molecule has 1 aromatic heterocycles. The van der Waals surface area contributed by atoms with Crippen LogP contribution >= 0.6 is 0 Å². The van der Waals surface area contributed by atoms with Gasteiger partial charge in [0, 0.05) is 16.3 Å². The van der Waals surface area contributed by atoms with E-state index in [4.69, 9.17) is 4.42 Å². The molecular weight excluding hydrogens is 288 g/mol. The average Bonchev–Trinajstić information content (AvgIpc) is 2.96. The van der Waals surface area contributed by atoms with E-state index in [0.717, 1.165) is 32.5 Å². The third kappa shape index (κ3) is 1.83. The zero-order valence-electron chi connectivity index (χ0n) is 12.8. The zero-order valence-corrected chi connectivity index (χ0v) is 12.8. The molecule has 0 aliphatic carbocycles. The van der Waals surface area contributed by atoms with Crippen LogP contribution in [0.1, 0.15) is 21.5 Å². The van der Waals surface area contributed by atoms with Crippen LogP contribution < -0.4 is 0 Å². The molecule has 0 saturated carbocycles. The minimum Gasteiger partial charge on any atom is -0.463 e. The first-order valence-electron chi connectivity index (χ1n) is 7.44. The van der Waals surface area contributed by atoms with Crippen molar-refractivity contribution in [3.63, 3.8) is 0 Å². The molecule has 0 radical (unpaired) electrons. The van der Waals surface area contributed by atoms with Gasteiger partial charge in [0.05, 0.1) is 6.26 Å². The van der Waals surface area contributed by atoms with Gasteiger partial charge in [0.1, 0.15) is 5.58 Å². The normalized spacial score (nSPS) is 11.4. The van der Waals surface area contributed by atoms with Crippen LogP contribution in [0.3, 0.4) is 0 Å². The van der Waals surface area contributed by atoms with Gasteiger partial charge in [-0.2, -0.15) is 0 Å². The van der Waals surface area contributed by atoms with E-state index >= 15 is 0 Å². The first kappa shape index (κ1) is 13.7. The Balaban J connectivity index is 2.30. The van der Waals surface area contributed by atoms with Crippen molar-refractivity contribution >= 4 is 44.6 Å². The van der Waals surface area contributed by atoms with E-state index in [2.05, 4.69) is 19.1 Å². The van der Waals surface area contributed by atoms with Gasteiger partial charge in [-0.1, -0.05) is 24.3 Å². The fraction of sp³-hybridized carbons (Fsp3) is 0.100. The molecule has 0 atom stereocenters. The fourth-order valence-electron chi connectivity index (χ4n) is 3.34. The molecule has 0 saturated heterocycles. The van der Waals surface area contributed by atoms with Crippen molar-refractivity contribution in [2.24, 2.45) is 0 Å². The Morgan fingerprint density at radius 3 is 2.52 bits per heavy atom. The molecular formula is C20H14O3. The van der Waals surface area contributed by atoms with Crippen LogP contribution in [-0.4, -0.2) is 12.1 Å². The minimum absolute atomic E-state index is 0.365. The summed E-state index contributed by atoms with van der Waals surface area (Å²) in [6.07, 6.45) is 2.00. The maximum atomic E-state index is 12.1. The molecule has 0 aliphatic rings. The molecule has 1 heterocycles. The highest BCUT2D eigenvalue weighted by Gasteiger charge is 2.18. The smallest absolute Gasteiger partial charge is 0.226 e. The van der Waals surface area contributed by atoms with E-state index in [0.29, 0.717) is 17.4 Å². The Kier molecular flexibility index (Phi) is 2.85. The van der Waals surface area contributed by atoms with Crippen LogP contribution in [0.4, 0.5) is 0 Å². The predicted molar refractivity (Wildman–Crippen MR) is 91.1 cm³/mol. The number of hydrogen-bond acceptors (Lipinski definition) is 3. The molecule has 0 unspecified atom stereocenters. The van der Waals surface area contributed by atoms with E-state index in [-0.39, 0.29) is 0 Å². The second-order valence-corrected chi connectivity index (χ2v) is 5.86. The van der Waals surface area contributed by atoms with E-state index in [1.807, 2.05) is 31.2 Å². The number of aldehydes is 1. The number of hydrogen-bond donors (Lipinski definition) is 0. The van der Waals surface area contributed by atoms with Crippen LogP contribution in [0, 0.1) is 13.8 Å². The molecule has 0 N–H and O–H groups in total. The van der Waals surface area contributed by atoms with Gasteiger partial charge >= 0.3 is 0 Å². The third-order valence-corrected chi connectivity index (χ3v) is 4.47. The van der Waals surface area contributed by atoms with Gasteiger partial charge in [-0.25, -0.2) is 0 Å². The van der Waals surface area contributed by atoms with Gasteiger partial charge in [-0.3, -0.25) is 9.59 Å². The van der Waals surface area contributed by atoms with Gasteiger partial charge in [-0.05, 0) is 53.3 Å². The molecule has 23 heavy (non-hydrogen) atoms. The zero-order chi connectivity index (χ0) is 16.1. The van der Waals surface area contributed by atoms with Gasteiger partial charge in [0.15, 0.2) is 6.29 Å². The second kappa shape index (κ2) is 4.78. The molecule has 3 heteroatoms. The molecule has 0 fully saturated rings. The van der Waals surface area contributed by atoms with Gasteiger partial charge in [-0.15, -0.1) is 0 Å². The summed E-state index contributed by atoms with van der Waals surface area (Å²) in [5.74, 6) is -0.522. The number of carbonyl (C=O) groups excluding carboxylic acids is 2. The summed E-state index contributed by atoms with van der Waals surface area (Å²) in [5.41, 5.74) is 3.09. The van der Waals surface area contributed by atoms with E-state index in [1.165, 1.54) is 5.56 Å². The minimum atomic E-state index is -0.522. The Hall–Kier alpha value is -2.94. The molecule has 3 aromatic carbocycles. The van der Waals surface area contributed by atoms with Crippen molar-refractivity contribution in [3.05, 3.63) is 59.4 Å². The van der Waals surface area contributed by atoms with E-state index in [9.17, 15) is 9.59 Å². The summed E-state index contributed by atoms with van der Waals surface area (Å²) >= 11 is 0. The highest BCUT2D eigenvalue weighted by molar-refractivity contribution is 6.38. The number of furan rings is 1. The molecule has 4 aromatic rings. The fourth-order valence-corrected chi connectivity index (χ4v) is 3.34. The Bertz CT molecular complexity index is 1120. The lowest BCUT2D eigenvalue weighted by molar-refractivity contribution is -0.104. The first-order chi connectivity index (χ1) is 11.1. The van der Waals surface area contributed by atoms with Crippen molar-refractivity contribution in [1.29, 1.82) is 0 Å². The van der Waals surface area contributed by atoms with Gasteiger partial charge < -0.3 is 4.42 Å². The van der Waals surface area contributed by atoms with Crippen molar-refractivity contribution in [2.75, 3.05) is 0 Å². The standard InChI is InChI=1S/C20H14O3/c1-11-4-3-5-14-13(11)6-7-15-16(14)8-17(18(22)9-21)19-12(2)10-23-20(15)19/h3-10H,1-2H3. The number of benzene rings is 3. The van der Waals surface area contributed by atoms with Gasteiger partial charge in [0.25, 0.3) is 0 Å². The first-order valence-corrected chi connectivity index (χ1v) is 7.44. The van der Waals surface area contributed by atoms with Crippen molar-refractivity contribution in [3.8, 4) is 0 Å².